The van der Waals surface area contributed by atoms with Crippen LogP contribution in [0.5, 0.6) is 0 Å². The van der Waals surface area contributed by atoms with Crippen LogP contribution in [0.4, 0.5) is 0 Å². The van der Waals surface area contributed by atoms with Crippen LogP contribution >= 0.6 is 0 Å². The average molecular weight is 293 g/mol. The Bertz CT molecular complexity index is 597. The van der Waals surface area contributed by atoms with Crippen molar-refractivity contribution in [3.8, 4) is 0 Å². The topological polar surface area (TPSA) is 29.1 Å². The highest BCUT2D eigenvalue weighted by atomic mass is 16.1. The summed E-state index contributed by atoms with van der Waals surface area (Å²) in [6.45, 7) is 1.05. The van der Waals surface area contributed by atoms with E-state index >= 15 is 0 Å². The molecule has 0 amide bonds. The van der Waals surface area contributed by atoms with E-state index < -0.39 is 0 Å². The number of aryl methyl sites for hydroxylation is 2. The van der Waals surface area contributed by atoms with E-state index in [0.29, 0.717) is 12.5 Å². The van der Waals surface area contributed by atoms with Gasteiger partial charge in [-0.2, -0.15) is 0 Å². The van der Waals surface area contributed by atoms with Crippen molar-refractivity contribution in [3.05, 3.63) is 71.3 Å². The molecule has 1 unspecified atom stereocenters. The van der Waals surface area contributed by atoms with Gasteiger partial charge in [0.1, 0.15) is 0 Å². The number of hydrogen-bond donors (Lipinski definition) is 1. The van der Waals surface area contributed by atoms with Gasteiger partial charge in [-0.25, -0.2) is 0 Å². The second kappa shape index (κ2) is 7.37. The van der Waals surface area contributed by atoms with Crippen molar-refractivity contribution >= 4 is 5.78 Å². The van der Waals surface area contributed by atoms with E-state index in [4.69, 9.17) is 0 Å². The van der Waals surface area contributed by atoms with Crippen LogP contribution in [0, 0.1) is 0 Å². The van der Waals surface area contributed by atoms with Gasteiger partial charge in [-0.3, -0.25) is 4.79 Å². The largest absolute Gasteiger partial charge is 0.314 e. The molecule has 0 aromatic heterocycles. The molecule has 1 heterocycles. The molecule has 1 atom stereocenters. The molecule has 0 spiro atoms. The zero-order valence-corrected chi connectivity index (χ0v) is 12.9. The van der Waals surface area contributed by atoms with Crippen LogP contribution in [0.15, 0.2) is 54.6 Å². The predicted molar refractivity (Wildman–Crippen MR) is 90.3 cm³/mol. The second-order valence-corrected chi connectivity index (χ2v) is 6.10. The molecular weight excluding hydrogens is 270 g/mol. The summed E-state index contributed by atoms with van der Waals surface area (Å²) in [6.07, 6.45) is 5.00. The molecule has 0 saturated carbocycles. The van der Waals surface area contributed by atoms with Crippen molar-refractivity contribution < 1.29 is 4.79 Å². The molecule has 1 aliphatic heterocycles. The highest BCUT2D eigenvalue weighted by Crippen LogP contribution is 2.14. The first-order chi connectivity index (χ1) is 10.8. The normalized spacial score (nSPS) is 17.5. The van der Waals surface area contributed by atoms with Crippen molar-refractivity contribution in [3.63, 3.8) is 0 Å². The minimum absolute atomic E-state index is 0.258. The van der Waals surface area contributed by atoms with Crippen molar-refractivity contribution in [2.24, 2.45) is 0 Å². The van der Waals surface area contributed by atoms with Crippen molar-refractivity contribution in [1.29, 1.82) is 0 Å². The molecule has 2 heteroatoms. The van der Waals surface area contributed by atoms with Gasteiger partial charge in [0, 0.05) is 18.0 Å². The average Bonchev–Trinajstić information content (AvgIpc) is 3.07. The Morgan fingerprint density at radius 1 is 0.955 bits per heavy atom. The van der Waals surface area contributed by atoms with E-state index in [9.17, 15) is 4.79 Å². The lowest BCUT2D eigenvalue weighted by Gasteiger charge is -2.09. The molecule has 0 radical (unpaired) electrons. The van der Waals surface area contributed by atoms with E-state index in [1.165, 1.54) is 17.5 Å². The van der Waals surface area contributed by atoms with Gasteiger partial charge in [0.2, 0.25) is 0 Å². The Hall–Kier alpha value is -1.93. The molecule has 1 fully saturated rings. The number of nitrogens with one attached hydrogen (secondary N) is 1. The van der Waals surface area contributed by atoms with Crippen molar-refractivity contribution in [2.45, 2.75) is 38.1 Å². The maximum atomic E-state index is 12.3. The summed E-state index contributed by atoms with van der Waals surface area (Å²) < 4.78 is 0. The smallest absolute Gasteiger partial charge is 0.164 e. The van der Waals surface area contributed by atoms with Gasteiger partial charge in [0.15, 0.2) is 5.78 Å². The first-order valence-electron chi connectivity index (χ1n) is 8.21. The zero-order valence-electron chi connectivity index (χ0n) is 12.9. The summed E-state index contributed by atoms with van der Waals surface area (Å²) in [5, 5.41) is 3.39. The number of carbonyl (C=O) groups is 1. The van der Waals surface area contributed by atoms with Crippen LogP contribution < -0.4 is 5.32 Å². The molecule has 3 rings (SSSR count). The van der Waals surface area contributed by atoms with Crippen LogP contribution in [0.25, 0.3) is 0 Å². The van der Waals surface area contributed by atoms with Gasteiger partial charge in [0.05, 0.1) is 0 Å². The fourth-order valence-corrected chi connectivity index (χ4v) is 3.06. The Labute approximate surface area is 132 Å². The summed E-state index contributed by atoms with van der Waals surface area (Å²) in [4.78, 5) is 12.3. The van der Waals surface area contributed by atoms with E-state index in [0.717, 1.165) is 31.4 Å². The SMILES string of the molecule is O=C(CC1CCCN1)c1ccc(CCc2ccccc2)cc1. The molecule has 0 bridgehead atoms. The molecular formula is C20H23NO. The van der Waals surface area contributed by atoms with E-state index in [1.54, 1.807) is 0 Å². The Morgan fingerprint density at radius 2 is 1.64 bits per heavy atom. The van der Waals surface area contributed by atoms with Crippen LogP contribution in [0.3, 0.4) is 0 Å². The Morgan fingerprint density at radius 3 is 2.27 bits per heavy atom. The van der Waals surface area contributed by atoms with Gasteiger partial charge >= 0.3 is 0 Å². The highest BCUT2D eigenvalue weighted by Gasteiger charge is 2.18. The molecule has 114 valence electrons. The van der Waals surface area contributed by atoms with Gasteiger partial charge < -0.3 is 5.32 Å². The summed E-state index contributed by atoms with van der Waals surface area (Å²) in [6, 6.07) is 19.1. The molecule has 2 nitrogen and oxygen atoms in total. The standard InChI is InChI=1S/C20H23NO/c22-20(15-19-7-4-14-21-19)18-12-10-17(11-13-18)9-8-16-5-2-1-3-6-16/h1-3,5-6,10-13,19,21H,4,7-9,14-15H2. The third-order valence-corrected chi connectivity index (χ3v) is 4.42. The molecule has 1 saturated heterocycles. The predicted octanol–water partition coefficient (Wildman–Crippen LogP) is 3.80. The summed E-state index contributed by atoms with van der Waals surface area (Å²) >= 11 is 0. The third kappa shape index (κ3) is 4.05. The van der Waals surface area contributed by atoms with E-state index in [1.807, 2.05) is 18.2 Å². The van der Waals surface area contributed by atoms with Gasteiger partial charge in [0.25, 0.3) is 0 Å². The lowest BCUT2D eigenvalue weighted by atomic mass is 9.99. The maximum Gasteiger partial charge on any atom is 0.164 e. The lowest BCUT2D eigenvalue weighted by Crippen LogP contribution is -2.24. The first-order valence-corrected chi connectivity index (χ1v) is 8.21. The summed E-state index contributed by atoms with van der Waals surface area (Å²) in [7, 11) is 0. The van der Waals surface area contributed by atoms with E-state index in [2.05, 4.69) is 41.7 Å². The van der Waals surface area contributed by atoms with E-state index in [-0.39, 0.29) is 5.78 Å². The lowest BCUT2D eigenvalue weighted by molar-refractivity contribution is 0.0971. The molecule has 2 aromatic rings. The van der Waals surface area contributed by atoms with Crippen LogP contribution in [0.1, 0.15) is 40.7 Å². The number of hydrogen-bond acceptors (Lipinski definition) is 2. The minimum Gasteiger partial charge on any atom is -0.314 e. The Balaban J connectivity index is 1.54. The molecule has 1 aliphatic rings. The zero-order chi connectivity index (χ0) is 15.2. The van der Waals surface area contributed by atoms with Gasteiger partial charge in [-0.1, -0.05) is 54.6 Å². The molecule has 2 aromatic carbocycles. The molecule has 1 N–H and O–H groups in total. The summed E-state index contributed by atoms with van der Waals surface area (Å²) in [5.41, 5.74) is 3.49. The first kappa shape index (κ1) is 15.0. The quantitative estimate of drug-likeness (QED) is 0.821. The highest BCUT2D eigenvalue weighted by molar-refractivity contribution is 5.96. The number of Topliss-reactive ketones (excluding diaryl/α,β-unsaturated/α-hetero) is 1. The fraction of sp³-hybridized carbons (Fsp3) is 0.350. The maximum absolute atomic E-state index is 12.3. The number of rotatable bonds is 6. The van der Waals surface area contributed by atoms with Crippen LogP contribution in [-0.2, 0) is 12.8 Å². The van der Waals surface area contributed by atoms with Crippen molar-refractivity contribution in [2.75, 3.05) is 6.54 Å². The molecule has 0 aliphatic carbocycles. The monoisotopic (exact) mass is 293 g/mol. The molecule has 22 heavy (non-hydrogen) atoms. The summed E-state index contributed by atoms with van der Waals surface area (Å²) in [5.74, 6) is 0.258. The number of benzene rings is 2. The van der Waals surface area contributed by atoms with Gasteiger partial charge in [-0.15, -0.1) is 0 Å². The number of ketones is 1. The van der Waals surface area contributed by atoms with Gasteiger partial charge in [-0.05, 0) is 43.4 Å². The van der Waals surface area contributed by atoms with Crippen LogP contribution in [0.2, 0.25) is 0 Å². The number of carbonyl (C=O) groups excluding carboxylic acids is 1. The third-order valence-electron chi connectivity index (χ3n) is 4.42. The van der Waals surface area contributed by atoms with Crippen molar-refractivity contribution in [1.82, 2.24) is 5.32 Å². The minimum atomic E-state index is 0.258. The fourth-order valence-electron chi connectivity index (χ4n) is 3.06. The van der Waals surface area contributed by atoms with Crippen LogP contribution in [-0.4, -0.2) is 18.4 Å². The second-order valence-electron chi connectivity index (χ2n) is 6.10. The Kier molecular flexibility index (Phi) is 5.02.